The Morgan fingerprint density at radius 1 is 1.35 bits per heavy atom. The van der Waals surface area contributed by atoms with Gasteiger partial charge in [0.2, 0.25) is 5.60 Å². The number of urea groups is 1. The molecule has 4 rings (SSSR count). The molecule has 2 aliphatic carbocycles. The van der Waals surface area contributed by atoms with Gasteiger partial charge in [-0.1, -0.05) is 18.5 Å². The number of carbonyl (C=O) groups is 1. The number of halogens is 4. The maximum absolute atomic E-state index is 14.4. The third-order valence-electron chi connectivity index (χ3n) is 5.53. The number of hydrogen-bond donors (Lipinski definition) is 1. The van der Waals surface area contributed by atoms with E-state index in [-0.39, 0.29) is 34.3 Å². The van der Waals surface area contributed by atoms with E-state index in [1.165, 1.54) is 23.1 Å². The van der Waals surface area contributed by atoms with Crippen LogP contribution in [-0.4, -0.2) is 36.3 Å². The second-order valence-electron chi connectivity index (χ2n) is 7.90. The summed E-state index contributed by atoms with van der Waals surface area (Å²) < 4.78 is 49.0. The highest BCUT2D eigenvalue weighted by Gasteiger charge is 2.62. The lowest BCUT2D eigenvalue weighted by Gasteiger charge is -2.39. The predicted molar refractivity (Wildman–Crippen MR) is 91.2 cm³/mol. The molecule has 2 saturated carbocycles. The quantitative estimate of drug-likeness (QED) is 0.795. The van der Waals surface area contributed by atoms with Gasteiger partial charge in [0, 0.05) is 22.3 Å². The number of rotatable bonds is 4. The standard InChI is InChI=1S/C18H20ClF3N2O2/c1-16(6-7-16)10-26-17(18(20,21)22)9-24(12-3-4-12)15(25)23-14-5-2-11(19)8-13(14)17/h2,5,8,12H,3-4,6-7,9-10H2,1H3,(H,23,25). The third-order valence-corrected chi connectivity index (χ3v) is 5.76. The van der Waals surface area contributed by atoms with E-state index < -0.39 is 24.4 Å². The lowest BCUT2D eigenvalue weighted by molar-refractivity contribution is -0.291. The van der Waals surface area contributed by atoms with E-state index in [0.29, 0.717) is 12.8 Å². The maximum atomic E-state index is 14.4. The average molecular weight is 389 g/mol. The van der Waals surface area contributed by atoms with Gasteiger partial charge in [-0.3, -0.25) is 0 Å². The molecule has 8 heteroatoms. The first-order valence-electron chi connectivity index (χ1n) is 8.72. The Labute approximate surface area is 154 Å². The molecule has 1 aromatic carbocycles. The molecule has 1 heterocycles. The average Bonchev–Trinajstić information content (AvgIpc) is 3.44. The molecular formula is C18H20ClF3N2O2. The second-order valence-corrected chi connectivity index (χ2v) is 8.34. The third kappa shape index (κ3) is 3.05. The molecule has 0 saturated heterocycles. The van der Waals surface area contributed by atoms with Gasteiger partial charge in [-0.15, -0.1) is 0 Å². The van der Waals surface area contributed by atoms with Gasteiger partial charge in [0.1, 0.15) is 0 Å². The molecule has 1 aromatic rings. The predicted octanol–water partition coefficient (Wildman–Crippen LogP) is 4.92. The Kier molecular flexibility index (Phi) is 3.97. The fourth-order valence-corrected chi connectivity index (χ4v) is 3.50. The first-order valence-corrected chi connectivity index (χ1v) is 9.10. The smallest absolute Gasteiger partial charge is 0.359 e. The fourth-order valence-electron chi connectivity index (χ4n) is 3.33. The topological polar surface area (TPSA) is 41.6 Å². The van der Waals surface area contributed by atoms with Crippen molar-refractivity contribution in [2.45, 2.75) is 50.4 Å². The first kappa shape index (κ1) is 17.9. The molecule has 2 fully saturated rings. The number of anilines is 1. The monoisotopic (exact) mass is 388 g/mol. The highest BCUT2D eigenvalue weighted by molar-refractivity contribution is 6.30. The van der Waals surface area contributed by atoms with E-state index in [9.17, 15) is 18.0 Å². The summed E-state index contributed by atoms with van der Waals surface area (Å²) in [7, 11) is 0. The first-order chi connectivity index (χ1) is 12.1. The number of nitrogens with zero attached hydrogens (tertiary/aromatic N) is 1. The van der Waals surface area contributed by atoms with Gasteiger partial charge < -0.3 is 15.0 Å². The molecule has 1 unspecified atom stereocenters. The zero-order chi connectivity index (χ0) is 18.7. The molecule has 1 aliphatic heterocycles. The summed E-state index contributed by atoms with van der Waals surface area (Å²) in [6.07, 6.45) is -1.61. The Hall–Kier alpha value is -1.47. The molecule has 0 radical (unpaired) electrons. The van der Waals surface area contributed by atoms with Gasteiger partial charge >= 0.3 is 12.2 Å². The van der Waals surface area contributed by atoms with E-state index in [4.69, 9.17) is 16.3 Å². The number of alkyl halides is 3. The van der Waals surface area contributed by atoms with E-state index in [1.807, 2.05) is 6.92 Å². The van der Waals surface area contributed by atoms with Crippen LogP contribution in [0.4, 0.5) is 23.7 Å². The lowest BCUT2D eigenvalue weighted by atomic mass is 9.90. The Bertz CT molecular complexity index is 746. The molecular weight excluding hydrogens is 369 g/mol. The molecule has 0 spiro atoms. The molecule has 4 nitrogen and oxygen atoms in total. The summed E-state index contributed by atoms with van der Waals surface area (Å²) in [6.45, 7) is 1.34. The van der Waals surface area contributed by atoms with Crippen LogP contribution < -0.4 is 5.32 Å². The van der Waals surface area contributed by atoms with Crippen LogP contribution in [0.1, 0.15) is 38.2 Å². The van der Waals surface area contributed by atoms with Gasteiger partial charge in [0.05, 0.1) is 13.2 Å². The minimum absolute atomic E-state index is 0.00877. The van der Waals surface area contributed by atoms with E-state index in [0.717, 1.165) is 12.8 Å². The van der Waals surface area contributed by atoms with Crippen LogP contribution in [0.2, 0.25) is 5.02 Å². The van der Waals surface area contributed by atoms with Crippen molar-refractivity contribution in [1.29, 1.82) is 0 Å². The molecule has 1 N–H and O–H groups in total. The highest BCUT2D eigenvalue weighted by Crippen LogP contribution is 2.52. The Morgan fingerprint density at radius 3 is 2.62 bits per heavy atom. The second kappa shape index (κ2) is 5.76. The number of ether oxygens (including phenoxy) is 1. The van der Waals surface area contributed by atoms with Crippen molar-refractivity contribution >= 4 is 23.3 Å². The molecule has 1 atom stereocenters. The molecule has 142 valence electrons. The zero-order valence-corrected chi connectivity index (χ0v) is 15.1. The highest BCUT2D eigenvalue weighted by atomic mass is 35.5. The normalized spacial score (nSPS) is 27.6. The lowest BCUT2D eigenvalue weighted by Crippen LogP contribution is -2.54. The number of amides is 2. The minimum atomic E-state index is -4.70. The summed E-state index contributed by atoms with van der Waals surface area (Å²) in [5.74, 6) is 0. The van der Waals surface area contributed by atoms with Crippen molar-refractivity contribution in [2.24, 2.45) is 5.41 Å². The largest absolute Gasteiger partial charge is 0.423 e. The maximum Gasteiger partial charge on any atom is 0.423 e. The molecule has 0 bridgehead atoms. The van der Waals surface area contributed by atoms with Gasteiger partial charge in [-0.2, -0.15) is 13.2 Å². The Morgan fingerprint density at radius 2 is 2.04 bits per heavy atom. The van der Waals surface area contributed by atoms with Crippen molar-refractivity contribution in [3.8, 4) is 0 Å². The van der Waals surface area contributed by atoms with Crippen LogP contribution >= 0.6 is 11.6 Å². The van der Waals surface area contributed by atoms with Crippen molar-refractivity contribution in [1.82, 2.24) is 4.90 Å². The Balaban J connectivity index is 1.83. The molecule has 3 aliphatic rings. The van der Waals surface area contributed by atoms with Crippen molar-refractivity contribution in [3.05, 3.63) is 28.8 Å². The van der Waals surface area contributed by atoms with Crippen LogP contribution in [-0.2, 0) is 10.3 Å². The number of benzene rings is 1. The molecule has 26 heavy (non-hydrogen) atoms. The van der Waals surface area contributed by atoms with Crippen molar-refractivity contribution < 1.29 is 22.7 Å². The minimum Gasteiger partial charge on any atom is -0.359 e. The number of carbonyl (C=O) groups excluding carboxylic acids is 1. The number of hydrogen-bond acceptors (Lipinski definition) is 2. The van der Waals surface area contributed by atoms with Gasteiger partial charge in [0.15, 0.2) is 0 Å². The van der Waals surface area contributed by atoms with Gasteiger partial charge in [-0.25, -0.2) is 4.79 Å². The molecule has 0 aromatic heterocycles. The van der Waals surface area contributed by atoms with Gasteiger partial charge in [-0.05, 0) is 49.3 Å². The van der Waals surface area contributed by atoms with Crippen LogP contribution in [0.25, 0.3) is 0 Å². The summed E-state index contributed by atoms with van der Waals surface area (Å²) in [6, 6.07) is 3.44. The zero-order valence-electron chi connectivity index (χ0n) is 14.3. The van der Waals surface area contributed by atoms with Crippen LogP contribution in [0.15, 0.2) is 18.2 Å². The van der Waals surface area contributed by atoms with Gasteiger partial charge in [0.25, 0.3) is 0 Å². The van der Waals surface area contributed by atoms with E-state index >= 15 is 0 Å². The SMILES string of the molecule is CC1(COC2(C(F)(F)F)CN(C3CC3)C(=O)Nc3ccc(Cl)cc32)CC1. The van der Waals surface area contributed by atoms with E-state index in [1.54, 1.807) is 0 Å². The number of fused-ring (bicyclic) bond motifs is 1. The molecule has 2 amide bonds. The summed E-state index contributed by atoms with van der Waals surface area (Å²) in [4.78, 5) is 13.8. The van der Waals surface area contributed by atoms with Crippen LogP contribution in [0, 0.1) is 5.41 Å². The number of nitrogens with one attached hydrogen (secondary N) is 1. The summed E-state index contributed by atoms with van der Waals surface area (Å²) in [5, 5.41) is 2.78. The van der Waals surface area contributed by atoms with E-state index in [2.05, 4.69) is 5.32 Å². The fraction of sp³-hybridized carbons (Fsp3) is 0.611. The van der Waals surface area contributed by atoms with Crippen molar-refractivity contribution in [3.63, 3.8) is 0 Å². The summed E-state index contributed by atoms with van der Waals surface area (Å²) in [5.41, 5.74) is -2.86. The van der Waals surface area contributed by atoms with Crippen molar-refractivity contribution in [2.75, 3.05) is 18.5 Å². The van der Waals surface area contributed by atoms with Crippen LogP contribution in [0.3, 0.4) is 0 Å². The van der Waals surface area contributed by atoms with Crippen LogP contribution in [0.5, 0.6) is 0 Å². The summed E-state index contributed by atoms with van der Waals surface area (Å²) >= 11 is 6.01.